The molecule has 178 valence electrons. The van der Waals surface area contributed by atoms with E-state index < -0.39 is 17.8 Å². The number of amides is 2. The highest BCUT2D eigenvalue weighted by atomic mass is 19.1. The molecule has 0 bridgehead atoms. The van der Waals surface area contributed by atoms with Crippen LogP contribution in [0.4, 0.5) is 8.78 Å². The second-order valence-electron chi connectivity index (χ2n) is 8.91. The van der Waals surface area contributed by atoms with Crippen LogP contribution in [0.5, 0.6) is 0 Å². The van der Waals surface area contributed by atoms with Gasteiger partial charge in [0, 0.05) is 25.7 Å². The normalized spacial score (nSPS) is 18.8. The highest BCUT2D eigenvalue weighted by Crippen LogP contribution is 2.24. The fourth-order valence-electron chi connectivity index (χ4n) is 4.05. The smallest absolute Gasteiger partial charge is 0.254 e. The van der Waals surface area contributed by atoms with Crippen molar-refractivity contribution < 1.29 is 18.4 Å². The average Bonchev–Trinajstić information content (AvgIpc) is 3.26. The minimum Gasteiger partial charge on any atom is -0.344 e. The van der Waals surface area contributed by atoms with Gasteiger partial charge in [-0.3, -0.25) is 20.4 Å². The third-order valence-electron chi connectivity index (χ3n) is 5.99. The molecule has 0 radical (unpaired) electrons. The Balaban J connectivity index is 1.48. The molecule has 2 aromatic carbocycles. The number of carbonyl (C=O) groups is 2. The summed E-state index contributed by atoms with van der Waals surface area (Å²) in [6.07, 6.45) is 2.43. The van der Waals surface area contributed by atoms with Crippen LogP contribution in [0.1, 0.15) is 55.1 Å². The molecule has 3 N–H and O–H groups in total. The van der Waals surface area contributed by atoms with E-state index in [1.165, 1.54) is 30.3 Å². The van der Waals surface area contributed by atoms with Crippen molar-refractivity contribution in [1.29, 1.82) is 0 Å². The fraction of sp³-hybridized carbons (Fsp3) is 0.440. The van der Waals surface area contributed by atoms with E-state index in [1.807, 2.05) is 19.9 Å². The van der Waals surface area contributed by atoms with Gasteiger partial charge in [-0.05, 0) is 55.0 Å². The van der Waals surface area contributed by atoms with Crippen LogP contribution in [0.25, 0.3) is 0 Å². The second kappa shape index (κ2) is 11.3. The molecule has 0 aliphatic carbocycles. The van der Waals surface area contributed by atoms with E-state index in [0.29, 0.717) is 6.54 Å². The molecule has 0 aromatic heterocycles. The molecular weight excluding hydrogens is 426 g/mol. The zero-order valence-electron chi connectivity index (χ0n) is 19.3. The molecule has 3 unspecified atom stereocenters. The van der Waals surface area contributed by atoms with Gasteiger partial charge in [0.1, 0.15) is 17.7 Å². The maximum atomic E-state index is 13.9. The number of benzene rings is 2. The Bertz CT molecular complexity index is 969. The summed E-state index contributed by atoms with van der Waals surface area (Å²) in [5.41, 5.74) is 7.29. The van der Waals surface area contributed by atoms with Gasteiger partial charge in [0.2, 0.25) is 5.91 Å². The summed E-state index contributed by atoms with van der Waals surface area (Å²) < 4.78 is 27.4. The lowest BCUT2D eigenvalue weighted by Crippen LogP contribution is -2.50. The quantitative estimate of drug-likeness (QED) is 0.537. The highest BCUT2D eigenvalue weighted by Gasteiger charge is 2.29. The van der Waals surface area contributed by atoms with Crippen LogP contribution in [0.15, 0.2) is 48.5 Å². The second-order valence-corrected chi connectivity index (χ2v) is 8.91. The van der Waals surface area contributed by atoms with Crippen molar-refractivity contribution in [2.24, 2.45) is 5.92 Å². The third kappa shape index (κ3) is 6.58. The lowest BCUT2D eigenvalue weighted by atomic mass is 9.99. The predicted molar refractivity (Wildman–Crippen MR) is 123 cm³/mol. The number of nitrogens with zero attached hydrogens (tertiary/aromatic N) is 1. The van der Waals surface area contributed by atoms with E-state index >= 15 is 0 Å². The van der Waals surface area contributed by atoms with Gasteiger partial charge in [0.15, 0.2) is 0 Å². The Morgan fingerprint density at radius 3 is 2.58 bits per heavy atom. The molecule has 1 fully saturated rings. The lowest BCUT2D eigenvalue weighted by Gasteiger charge is -2.27. The summed E-state index contributed by atoms with van der Waals surface area (Å²) in [7, 11) is 1.71. The molecule has 2 amide bonds. The van der Waals surface area contributed by atoms with Gasteiger partial charge in [0.05, 0.1) is 5.56 Å². The molecule has 0 saturated carbocycles. The minimum absolute atomic E-state index is 0.0453. The molecule has 33 heavy (non-hydrogen) atoms. The number of nitrogens with one attached hydrogen (secondary N) is 3. The molecule has 1 heterocycles. The van der Waals surface area contributed by atoms with Crippen LogP contribution in [-0.4, -0.2) is 42.4 Å². The summed E-state index contributed by atoms with van der Waals surface area (Å²) in [4.78, 5) is 27.1. The Kier molecular flexibility index (Phi) is 8.52. The first kappa shape index (κ1) is 24.8. The van der Waals surface area contributed by atoms with Crippen LogP contribution >= 0.6 is 0 Å². The van der Waals surface area contributed by atoms with Crippen molar-refractivity contribution in [3.05, 3.63) is 71.3 Å². The lowest BCUT2D eigenvalue weighted by molar-refractivity contribution is -0.133. The van der Waals surface area contributed by atoms with E-state index in [2.05, 4.69) is 16.2 Å². The zero-order valence-corrected chi connectivity index (χ0v) is 19.3. The van der Waals surface area contributed by atoms with E-state index in [9.17, 15) is 18.4 Å². The van der Waals surface area contributed by atoms with Crippen LogP contribution < -0.4 is 16.2 Å². The standard InChI is InChI=1S/C25H32F2N4O2/c1-16(2)23(28-24(32)20-11-4-5-12-21(20)27)25(33)31(3)13-7-10-19-15-22(30-29-19)17-8-6-9-18(26)14-17/h4-6,8-9,11-12,14,16,19,22-23,29-30H,7,10,13,15H2,1-3H3,(H,28,32). The van der Waals surface area contributed by atoms with Gasteiger partial charge >= 0.3 is 0 Å². The summed E-state index contributed by atoms with van der Waals surface area (Å²) in [6.45, 7) is 4.22. The molecule has 8 heteroatoms. The maximum absolute atomic E-state index is 13.9. The molecule has 0 spiro atoms. The van der Waals surface area contributed by atoms with Gasteiger partial charge in [-0.15, -0.1) is 0 Å². The number of hydrogen-bond donors (Lipinski definition) is 3. The fourth-order valence-corrected chi connectivity index (χ4v) is 4.05. The molecule has 1 aliphatic rings. The number of hydrazine groups is 1. The number of likely N-dealkylation sites (N-methyl/N-ethyl adjacent to an activating group) is 1. The van der Waals surface area contributed by atoms with Crippen molar-refractivity contribution in [1.82, 2.24) is 21.1 Å². The highest BCUT2D eigenvalue weighted by molar-refractivity contribution is 5.97. The van der Waals surface area contributed by atoms with Crippen LogP contribution in [0, 0.1) is 17.6 Å². The van der Waals surface area contributed by atoms with Gasteiger partial charge in [-0.25, -0.2) is 8.78 Å². The monoisotopic (exact) mass is 458 g/mol. The van der Waals surface area contributed by atoms with E-state index in [1.54, 1.807) is 24.1 Å². The molecular formula is C25H32F2N4O2. The topological polar surface area (TPSA) is 73.5 Å². The number of rotatable bonds is 9. The van der Waals surface area contributed by atoms with Gasteiger partial charge < -0.3 is 10.2 Å². The van der Waals surface area contributed by atoms with Crippen LogP contribution in [-0.2, 0) is 4.79 Å². The van der Waals surface area contributed by atoms with E-state index in [4.69, 9.17) is 0 Å². The minimum atomic E-state index is -0.745. The first-order valence-electron chi connectivity index (χ1n) is 11.3. The Morgan fingerprint density at radius 2 is 1.88 bits per heavy atom. The summed E-state index contributed by atoms with van der Waals surface area (Å²) in [5, 5.41) is 2.69. The number of halogens is 2. The maximum Gasteiger partial charge on any atom is 0.254 e. The summed E-state index contributed by atoms with van der Waals surface area (Å²) in [6, 6.07) is 11.8. The predicted octanol–water partition coefficient (Wildman–Crippen LogP) is 3.57. The molecule has 1 saturated heterocycles. The molecule has 2 aromatic rings. The van der Waals surface area contributed by atoms with Crippen LogP contribution in [0.2, 0.25) is 0 Å². The first-order chi connectivity index (χ1) is 15.8. The van der Waals surface area contributed by atoms with Crippen molar-refractivity contribution in [2.75, 3.05) is 13.6 Å². The largest absolute Gasteiger partial charge is 0.344 e. The molecule has 3 atom stereocenters. The average molecular weight is 459 g/mol. The van der Waals surface area contributed by atoms with Gasteiger partial charge in [-0.2, -0.15) is 0 Å². The van der Waals surface area contributed by atoms with Crippen molar-refractivity contribution in [3.8, 4) is 0 Å². The number of hydrogen-bond acceptors (Lipinski definition) is 4. The summed E-state index contributed by atoms with van der Waals surface area (Å²) >= 11 is 0. The number of carbonyl (C=O) groups excluding carboxylic acids is 2. The van der Waals surface area contributed by atoms with E-state index in [-0.39, 0.29) is 35.3 Å². The molecule has 6 nitrogen and oxygen atoms in total. The van der Waals surface area contributed by atoms with Crippen molar-refractivity contribution in [3.63, 3.8) is 0 Å². The Labute approximate surface area is 193 Å². The molecule has 1 aliphatic heterocycles. The Hall–Kier alpha value is -2.84. The zero-order chi connectivity index (χ0) is 24.0. The first-order valence-corrected chi connectivity index (χ1v) is 11.3. The van der Waals surface area contributed by atoms with Crippen molar-refractivity contribution in [2.45, 2.75) is 51.2 Å². The molecule has 3 rings (SSSR count). The van der Waals surface area contributed by atoms with Crippen LogP contribution in [0.3, 0.4) is 0 Å². The Morgan fingerprint density at radius 1 is 1.12 bits per heavy atom. The van der Waals surface area contributed by atoms with Gasteiger partial charge in [-0.1, -0.05) is 38.1 Å². The summed E-state index contributed by atoms with van der Waals surface area (Å²) in [5.74, 6) is -1.82. The van der Waals surface area contributed by atoms with Gasteiger partial charge in [0.25, 0.3) is 5.91 Å². The third-order valence-corrected chi connectivity index (χ3v) is 5.99. The van der Waals surface area contributed by atoms with Crippen molar-refractivity contribution >= 4 is 11.8 Å². The SMILES string of the molecule is CC(C)C(NC(=O)c1ccccc1F)C(=O)N(C)CCCC1CC(c2cccc(F)c2)NN1. The van der Waals surface area contributed by atoms with E-state index in [0.717, 1.165) is 24.8 Å².